The molecule has 0 unspecified atom stereocenters. The number of hydrogen-bond acceptors (Lipinski definition) is 2. The van der Waals surface area contributed by atoms with E-state index >= 15 is 0 Å². The first-order chi connectivity index (χ1) is 14.9. The summed E-state index contributed by atoms with van der Waals surface area (Å²) >= 11 is 0. The summed E-state index contributed by atoms with van der Waals surface area (Å²) in [6.07, 6.45) is 0. The standard InChI is InChI=1S/C26H25N3O2/c1-17-14-21-22(15-18(17)2)25(30)27-24(23(21)20-12-8-5-9-13-20)28-26(31)29(3)16-19-10-6-4-7-11-19/h4-15H,16H2,1-3H3,(H2,27,28,30,31). The second kappa shape index (κ2) is 8.48. The maximum atomic E-state index is 13.0. The Morgan fingerprint density at radius 1 is 0.903 bits per heavy atom. The first kappa shape index (κ1) is 20.4. The van der Waals surface area contributed by atoms with Gasteiger partial charge in [-0.15, -0.1) is 0 Å². The number of carbonyl (C=O) groups is 1. The molecule has 0 bridgehead atoms. The lowest BCUT2D eigenvalue weighted by molar-refractivity contribution is 0.220. The fourth-order valence-electron chi connectivity index (χ4n) is 3.72. The van der Waals surface area contributed by atoms with E-state index in [1.807, 2.05) is 86.6 Å². The summed E-state index contributed by atoms with van der Waals surface area (Å²) in [7, 11) is 1.73. The molecule has 4 aromatic rings. The molecule has 5 heteroatoms. The summed E-state index contributed by atoms with van der Waals surface area (Å²) < 4.78 is 0. The summed E-state index contributed by atoms with van der Waals surface area (Å²) in [4.78, 5) is 30.3. The van der Waals surface area contributed by atoms with E-state index in [1.54, 1.807) is 11.9 Å². The first-order valence-corrected chi connectivity index (χ1v) is 10.2. The average Bonchev–Trinajstić information content (AvgIpc) is 2.76. The molecule has 1 heterocycles. The Morgan fingerprint density at radius 3 is 2.13 bits per heavy atom. The predicted molar refractivity (Wildman–Crippen MR) is 126 cm³/mol. The van der Waals surface area contributed by atoms with Gasteiger partial charge in [0.1, 0.15) is 5.82 Å². The van der Waals surface area contributed by atoms with Crippen LogP contribution in [0.2, 0.25) is 0 Å². The second-order valence-electron chi connectivity index (χ2n) is 7.82. The van der Waals surface area contributed by atoms with E-state index in [0.717, 1.165) is 33.2 Å². The van der Waals surface area contributed by atoms with Crippen molar-refractivity contribution in [3.05, 3.63) is 99.8 Å². The normalized spacial score (nSPS) is 10.8. The minimum absolute atomic E-state index is 0.223. The Bertz CT molecular complexity index is 1300. The largest absolute Gasteiger partial charge is 0.323 e. The number of rotatable bonds is 4. The van der Waals surface area contributed by atoms with E-state index in [0.29, 0.717) is 17.7 Å². The number of aromatic amines is 1. The van der Waals surface area contributed by atoms with Crippen molar-refractivity contribution in [2.45, 2.75) is 20.4 Å². The number of aromatic nitrogens is 1. The Labute approximate surface area is 181 Å². The number of pyridine rings is 1. The van der Waals surface area contributed by atoms with Gasteiger partial charge in [0, 0.05) is 24.5 Å². The zero-order valence-corrected chi connectivity index (χ0v) is 17.9. The quantitative estimate of drug-likeness (QED) is 0.467. The van der Waals surface area contributed by atoms with Crippen molar-refractivity contribution < 1.29 is 4.79 Å². The van der Waals surface area contributed by atoms with E-state index in [9.17, 15) is 9.59 Å². The van der Waals surface area contributed by atoms with Crippen molar-refractivity contribution in [3.63, 3.8) is 0 Å². The van der Waals surface area contributed by atoms with Crippen LogP contribution in [0, 0.1) is 13.8 Å². The Morgan fingerprint density at radius 2 is 1.48 bits per heavy atom. The first-order valence-electron chi connectivity index (χ1n) is 10.2. The number of carbonyl (C=O) groups excluding carboxylic acids is 1. The second-order valence-corrected chi connectivity index (χ2v) is 7.82. The molecule has 0 saturated carbocycles. The molecule has 0 spiro atoms. The lowest BCUT2D eigenvalue weighted by Crippen LogP contribution is -2.32. The van der Waals surface area contributed by atoms with E-state index in [-0.39, 0.29) is 11.6 Å². The van der Waals surface area contributed by atoms with Gasteiger partial charge in [-0.05, 0) is 47.6 Å². The summed E-state index contributed by atoms with van der Waals surface area (Å²) in [5, 5.41) is 4.35. The Hall–Kier alpha value is -3.86. The van der Waals surface area contributed by atoms with Crippen LogP contribution in [0.1, 0.15) is 16.7 Å². The molecule has 0 aliphatic rings. The molecule has 156 valence electrons. The van der Waals surface area contributed by atoms with Crippen molar-refractivity contribution >= 4 is 22.6 Å². The van der Waals surface area contributed by atoms with E-state index < -0.39 is 0 Å². The summed E-state index contributed by atoms with van der Waals surface area (Å²) in [6.45, 7) is 4.48. The molecule has 5 nitrogen and oxygen atoms in total. The van der Waals surface area contributed by atoms with E-state index in [4.69, 9.17) is 0 Å². The van der Waals surface area contributed by atoms with Crippen LogP contribution in [0.3, 0.4) is 0 Å². The maximum absolute atomic E-state index is 13.0. The summed E-state index contributed by atoms with van der Waals surface area (Å²) in [6, 6.07) is 23.2. The zero-order chi connectivity index (χ0) is 22.0. The van der Waals surface area contributed by atoms with Crippen LogP contribution in [-0.4, -0.2) is 23.0 Å². The van der Waals surface area contributed by atoms with Crippen LogP contribution >= 0.6 is 0 Å². The van der Waals surface area contributed by atoms with Crippen molar-refractivity contribution in [1.29, 1.82) is 0 Å². The highest BCUT2D eigenvalue weighted by Gasteiger charge is 2.18. The fraction of sp³-hybridized carbons (Fsp3) is 0.154. The highest BCUT2D eigenvalue weighted by molar-refractivity contribution is 6.05. The Kier molecular flexibility index (Phi) is 5.58. The van der Waals surface area contributed by atoms with Crippen LogP contribution < -0.4 is 10.9 Å². The van der Waals surface area contributed by atoms with Crippen LogP contribution in [0.25, 0.3) is 21.9 Å². The van der Waals surface area contributed by atoms with Crippen LogP contribution in [0.4, 0.5) is 10.6 Å². The lowest BCUT2D eigenvalue weighted by Gasteiger charge is -2.20. The molecule has 1 aromatic heterocycles. The topological polar surface area (TPSA) is 65.2 Å². The molecule has 0 aliphatic heterocycles. The molecule has 2 N–H and O–H groups in total. The highest BCUT2D eigenvalue weighted by Crippen LogP contribution is 2.34. The van der Waals surface area contributed by atoms with Gasteiger partial charge in [-0.1, -0.05) is 66.7 Å². The number of fused-ring (bicyclic) bond motifs is 1. The number of amides is 2. The smallest absolute Gasteiger partial charge is 0.323 e. The van der Waals surface area contributed by atoms with Gasteiger partial charge >= 0.3 is 6.03 Å². The molecule has 0 fully saturated rings. The number of hydrogen-bond donors (Lipinski definition) is 2. The SMILES string of the molecule is Cc1cc2c(-c3ccccc3)c(NC(=O)N(C)Cc3ccccc3)[nH]c(=O)c2cc1C. The molecule has 0 saturated heterocycles. The molecule has 0 radical (unpaired) electrons. The van der Waals surface area contributed by atoms with Crippen LogP contribution in [0.5, 0.6) is 0 Å². The van der Waals surface area contributed by atoms with Crippen molar-refractivity contribution in [1.82, 2.24) is 9.88 Å². The predicted octanol–water partition coefficient (Wildman–Crippen LogP) is 5.48. The molecular weight excluding hydrogens is 386 g/mol. The van der Waals surface area contributed by atoms with Gasteiger partial charge < -0.3 is 9.88 Å². The van der Waals surface area contributed by atoms with Gasteiger partial charge in [0.05, 0.1) is 0 Å². The molecule has 0 aliphatic carbocycles. The van der Waals surface area contributed by atoms with Crippen LogP contribution in [-0.2, 0) is 6.54 Å². The van der Waals surface area contributed by atoms with Gasteiger partial charge in [-0.25, -0.2) is 4.79 Å². The number of benzene rings is 3. The third-order valence-electron chi connectivity index (χ3n) is 5.54. The summed E-state index contributed by atoms with van der Waals surface area (Å²) in [5.41, 5.74) is 4.68. The van der Waals surface area contributed by atoms with Crippen LogP contribution in [0.15, 0.2) is 77.6 Å². The Balaban J connectivity index is 1.79. The van der Waals surface area contributed by atoms with Gasteiger partial charge in [0.15, 0.2) is 0 Å². The third kappa shape index (κ3) is 4.21. The van der Waals surface area contributed by atoms with Gasteiger partial charge in [0.2, 0.25) is 0 Å². The summed E-state index contributed by atoms with van der Waals surface area (Å²) in [5.74, 6) is 0.400. The monoisotopic (exact) mass is 411 g/mol. The van der Waals surface area contributed by atoms with E-state index in [1.165, 1.54) is 0 Å². The third-order valence-corrected chi connectivity index (χ3v) is 5.54. The van der Waals surface area contributed by atoms with Crippen molar-refractivity contribution in [2.24, 2.45) is 0 Å². The minimum Gasteiger partial charge on any atom is -0.323 e. The molecule has 0 atom stereocenters. The zero-order valence-electron chi connectivity index (χ0n) is 17.9. The average molecular weight is 412 g/mol. The molecule has 2 amide bonds. The lowest BCUT2D eigenvalue weighted by atomic mass is 9.96. The molecule has 4 rings (SSSR count). The number of nitrogens with one attached hydrogen (secondary N) is 2. The molecule has 31 heavy (non-hydrogen) atoms. The number of aryl methyl sites for hydroxylation is 2. The number of anilines is 1. The highest BCUT2D eigenvalue weighted by atomic mass is 16.2. The fourth-order valence-corrected chi connectivity index (χ4v) is 3.72. The number of urea groups is 1. The number of H-pyrrole nitrogens is 1. The van der Waals surface area contributed by atoms with Crippen molar-refractivity contribution in [2.75, 3.05) is 12.4 Å². The molecule has 3 aromatic carbocycles. The minimum atomic E-state index is -0.292. The maximum Gasteiger partial charge on any atom is 0.323 e. The van der Waals surface area contributed by atoms with Gasteiger partial charge in [-0.2, -0.15) is 0 Å². The van der Waals surface area contributed by atoms with Crippen molar-refractivity contribution in [3.8, 4) is 11.1 Å². The van der Waals surface area contributed by atoms with Gasteiger partial charge in [0.25, 0.3) is 5.56 Å². The number of nitrogens with zero attached hydrogens (tertiary/aromatic N) is 1. The molecular formula is C26H25N3O2. The van der Waals surface area contributed by atoms with E-state index in [2.05, 4.69) is 10.3 Å². The van der Waals surface area contributed by atoms with Gasteiger partial charge in [-0.3, -0.25) is 10.1 Å².